The van der Waals surface area contributed by atoms with Crippen molar-refractivity contribution in [2.24, 2.45) is 5.84 Å². The number of fused-ring (bicyclic) bond motifs is 1. The normalized spacial score (nSPS) is 10.7. The molecule has 0 aliphatic carbocycles. The second kappa shape index (κ2) is 4.46. The average Bonchev–Trinajstić information content (AvgIpc) is 2.83. The molecule has 3 aromatic rings. The molecule has 0 unspecified atom stereocenters. The number of imidazole rings is 1. The molecule has 2 heterocycles. The third-order valence-electron chi connectivity index (χ3n) is 2.90. The van der Waals surface area contributed by atoms with Crippen molar-refractivity contribution < 1.29 is 0 Å². The van der Waals surface area contributed by atoms with Gasteiger partial charge >= 0.3 is 0 Å². The molecule has 0 saturated carbocycles. The first-order valence-corrected chi connectivity index (χ1v) is 5.69. The molecule has 3 rings (SSSR count). The lowest BCUT2D eigenvalue weighted by molar-refractivity contribution is 0.820. The molecule has 0 aliphatic heterocycles. The number of nitrogens with two attached hydrogens (primary N) is 1. The fourth-order valence-corrected chi connectivity index (χ4v) is 2.02. The predicted molar refractivity (Wildman–Crippen MR) is 70.9 cm³/mol. The molecule has 5 nitrogen and oxygen atoms in total. The fraction of sp³-hybridized carbons (Fsp3) is 0.0769. The molecule has 2 aromatic heterocycles. The number of aromatic nitrogens is 3. The Balaban J connectivity index is 2.01. The first-order valence-electron chi connectivity index (χ1n) is 5.69. The topological polar surface area (TPSA) is 68.8 Å². The summed E-state index contributed by atoms with van der Waals surface area (Å²) in [4.78, 5) is 8.55. The molecule has 3 N–H and O–H groups in total. The number of hydrogen-bond acceptors (Lipinski definition) is 4. The van der Waals surface area contributed by atoms with Crippen LogP contribution in [0.5, 0.6) is 0 Å². The van der Waals surface area contributed by atoms with Crippen LogP contribution in [-0.4, -0.2) is 14.5 Å². The third-order valence-corrected chi connectivity index (χ3v) is 2.90. The van der Waals surface area contributed by atoms with Gasteiger partial charge in [-0.05, 0) is 18.2 Å². The Kier molecular flexibility index (Phi) is 2.66. The zero-order valence-corrected chi connectivity index (χ0v) is 9.74. The van der Waals surface area contributed by atoms with E-state index >= 15 is 0 Å². The van der Waals surface area contributed by atoms with Crippen LogP contribution in [0.2, 0.25) is 0 Å². The van der Waals surface area contributed by atoms with Crippen molar-refractivity contribution >= 4 is 16.9 Å². The van der Waals surface area contributed by atoms with Gasteiger partial charge in [-0.1, -0.05) is 18.2 Å². The van der Waals surface area contributed by atoms with Crippen molar-refractivity contribution in [3.8, 4) is 0 Å². The summed E-state index contributed by atoms with van der Waals surface area (Å²) in [6.07, 6.45) is 3.54. The van der Waals surface area contributed by atoms with Gasteiger partial charge in [0.15, 0.2) is 0 Å². The Bertz CT molecular complexity index is 674. The van der Waals surface area contributed by atoms with Crippen LogP contribution in [0.3, 0.4) is 0 Å². The highest BCUT2D eigenvalue weighted by atomic mass is 15.3. The average molecular weight is 239 g/mol. The Labute approximate surface area is 104 Å². The van der Waals surface area contributed by atoms with Crippen molar-refractivity contribution in [1.82, 2.24) is 14.5 Å². The summed E-state index contributed by atoms with van der Waals surface area (Å²) in [7, 11) is 0. The summed E-state index contributed by atoms with van der Waals surface area (Å²) in [5.74, 6) is 6.14. The Hall–Kier alpha value is -2.40. The minimum Gasteiger partial charge on any atom is -0.326 e. The second-order valence-corrected chi connectivity index (χ2v) is 4.02. The number of rotatable bonds is 3. The number of nitrogens with one attached hydrogen (secondary N) is 1. The maximum Gasteiger partial charge on any atom is 0.144 e. The largest absolute Gasteiger partial charge is 0.326 e. The zero-order chi connectivity index (χ0) is 12.4. The van der Waals surface area contributed by atoms with Crippen molar-refractivity contribution in [2.75, 3.05) is 5.43 Å². The zero-order valence-electron chi connectivity index (χ0n) is 9.74. The van der Waals surface area contributed by atoms with Gasteiger partial charge in [0.25, 0.3) is 0 Å². The Morgan fingerprint density at radius 3 is 2.89 bits per heavy atom. The summed E-state index contributed by atoms with van der Waals surface area (Å²) < 4.78 is 2.08. The number of nitrogens with zero attached hydrogens (tertiary/aromatic N) is 3. The maximum atomic E-state index is 5.45. The number of hydrazine groups is 1. The van der Waals surface area contributed by atoms with Gasteiger partial charge < -0.3 is 9.99 Å². The number of para-hydroxylation sites is 2. The standard InChI is InChI=1S/C13H13N5/c14-17-13-10(4-3-7-15-13)8-18-9-16-11-5-1-2-6-12(11)18/h1-7,9H,8,14H2,(H,15,17). The molecule has 0 amide bonds. The molecule has 90 valence electrons. The molecule has 1 aromatic carbocycles. The number of benzene rings is 1. The highest BCUT2D eigenvalue weighted by Gasteiger charge is 2.05. The number of hydrogen-bond donors (Lipinski definition) is 2. The van der Waals surface area contributed by atoms with Crippen LogP contribution < -0.4 is 11.3 Å². The van der Waals surface area contributed by atoms with Gasteiger partial charge in [0, 0.05) is 11.8 Å². The minimum atomic E-state index is 0.688. The van der Waals surface area contributed by atoms with Gasteiger partial charge in [0.05, 0.1) is 23.9 Å². The first kappa shape index (κ1) is 10.7. The van der Waals surface area contributed by atoms with Gasteiger partial charge in [-0.15, -0.1) is 0 Å². The number of anilines is 1. The van der Waals surface area contributed by atoms with Gasteiger partial charge in [-0.3, -0.25) is 0 Å². The summed E-state index contributed by atoms with van der Waals surface area (Å²) in [6, 6.07) is 11.9. The molecule has 0 fully saturated rings. The Morgan fingerprint density at radius 1 is 1.11 bits per heavy atom. The number of pyridine rings is 1. The van der Waals surface area contributed by atoms with Crippen LogP contribution in [-0.2, 0) is 6.54 Å². The maximum absolute atomic E-state index is 5.45. The quantitative estimate of drug-likeness (QED) is 0.540. The molecular weight excluding hydrogens is 226 g/mol. The van der Waals surface area contributed by atoms with E-state index in [0.29, 0.717) is 12.4 Å². The van der Waals surface area contributed by atoms with Crippen LogP contribution in [0.15, 0.2) is 48.9 Å². The number of nitrogen functional groups attached to an aromatic ring is 1. The molecule has 5 heteroatoms. The summed E-state index contributed by atoms with van der Waals surface area (Å²) >= 11 is 0. The lowest BCUT2D eigenvalue weighted by Gasteiger charge is -2.08. The van der Waals surface area contributed by atoms with Crippen molar-refractivity contribution in [3.05, 3.63) is 54.5 Å². The van der Waals surface area contributed by atoms with Gasteiger partial charge in [0.1, 0.15) is 5.82 Å². The third kappa shape index (κ3) is 1.80. The molecule has 0 aliphatic rings. The van der Waals surface area contributed by atoms with Gasteiger partial charge in [0.2, 0.25) is 0 Å². The smallest absolute Gasteiger partial charge is 0.144 e. The van der Waals surface area contributed by atoms with Crippen LogP contribution in [0.25, 0.3) is 11.0 Å². The molecule has 0 spiro atoms. The van der Waals surface area contributed by atoms with E-state index in [-0.39, 0.29) is 0 Å². The van der Waals surface area contributed by atoms with Crippen LogP contribution in [0, 0.1) is 0 Å². The molecular formula is C13H13N5. The lowest BCUT2D eigenvalue weighted by Crippen LogP contribution is -2.12. The summed E-state index contributed by atoms with van der Waals surface area (Å²) in [5.41, 5.74) is 5.73. The van der Waals surface area contributed by atoms with E-state index < -0.39 is 0 Å². The van der Waals surface area contributed by atoms with Crippen LogP contribution in [0.4, 0.5) is 5.82 Å². The van der Waals surface area contributed by atoms with E-state index in [2.05, 4.69) is 20.0 Å². The summed E-state index contributed by atoms with van der Waals surface area (Å²) in [6.45, 7) is 0.688. The highest BCUT2D eigenvalue weighted by molar-refractivity contribution is 5.75. The first-order chi connectivity index (χ1) is 8.88. The van der Waals surface area contributed by atoms with E-state index in [0.717, 1.165) is 16.6 Å². The van der Waals surface area contributed by atoms with E-state index in [9.17, 15) is 0 Å². The molecule has 0 radical (unpaired) electrons. The van der Waals surface area contributed by atoms with E-state index in [1.165, 1.54) is 0 Å². The van der Waals surface area contributed by atoms with Crippen molar-refractivity contribution in [2.45, 2.75) is 6.54 Å². The SMILES string of the molecule is NNc1ncccc1Cn1cnc2ccccc21. The molecule has 0 saturated heterocycles. The second-order valence-electron chi connectivity index (χ2n) is 4.02. The van der Waals surface area contributed by atoms with E-state index in [4.69, 9.17) is 5.84 Å². The Morgan fingerprint density at radius 2 is 2.00 bits per heavy atom. The highest BCUT2D eigenvalue weighted by Crippen LogP contribution is 2.16. The molecule has 0 atom stereocenters. The molecule has 0 bridgehead atoms. The predicted octanol–water partition coefficient (Wildman–Crippen LogP) is 1.77. The van der Waals surface area contributed by atoms with Gasteiger partial charge in [-0.2, -0.15) is 0 Å². The van der Waals surface area contributed by atoms with Crippen LogP contribution in [0.1, 0.15) is 5.56 Å². The monoisotopic (exact) mass is 239 g/mol. The van der Waals surface area contributed by atoms with E-state index in [1.54, 1.807) is 6.20 Å². The van der Waals surface area contributed by atoms with Crippen molar-refractivity contribution in [1.29, 1.82) is 0 Å². The van der Waals surface area contributed by atoms with Crippen LogP contribution >= 0.6 is 0 Å². The summed E-state index contributed by atoms with van der Waals surface area (Å²) in [5, 5.41) is 0. The lowest BCUT2D eigenvalue weighted by atomic mass is 10.2. The van der Waals surface area contributed by atoms with E-state index in [1.807, 2.05) is 42.7 Å². The van der Waals surface area contributed by atoms with Gasteiger partial charge in [-0.25, -0.2) is 15.8 Å². The van der Waals surface area contributed by atoms with Crippen molar-refractivity contribution in [3.63, 3.8) is 0 Å². The minimum absolute atomic E-state index is 0.688. The fourth-order valence-electron chi connectivity index (χ4n) is 2.02. The molecule has 18 heavy (non-hydrogen) atoms.